The number of aromatic nitrogens is 1. The van der Waals surface area contributed by atoms with Gasteiger partial charge in [-0.25, -0.2) is 8.42 Å². The second-order valence-corrected chi connectivity index (χ2v) is 10.0. The second-order valence-electron chi connectivity index (χ2n) is 8.08. The lowest BCUT2D eigenvalue weighted by Crippen LogP contribution is -2.30. The largest absolute Gasteiger partial charge is 0.341 e. The quantitative estimate of drug-likeness (QED) is 0.595. The molecule has 4 rings (SSSR count). The Labute approximate surface area is 187 Å². The van der Waals surface area contributed by atoms with Crippen molar-refractivity contribution in [1.29, 1.82) is 0 Å². The van der Waals surface area contributed by atoms with Gasteiger partial charge in [0.2, 0.25) is 11.8 Å². The summed E-state index contributed by atoms with van der Waals surface area (Å²) >= 11 is 0. The van der Waals surface area contributed by atoms with E-state index in [-0.39, 0.29) is 17.3 Å². The molecule has 0 atom stereocenters. The SMILES string of the molecule is CCc1ccc(NC(=O)CS(=O)(=O)c2cn(CC(=O)N3CCCC3)c3ccccc23)cc1. The average molecular weight is 454 g/mol. The summed E-state index contributed by atoms with van der Waals surface area (Å²) in [6.07, 6.45) is 4.35. The van der Waals surface area contributed by atoms with E-state index in [4.69, 9.17) is 0 Å². The minimum absolute atomic E-state index is 0.0273. The molecule has 1 aromatic heterocycles. The Hall–Kier alpha value is -3.13. The Morgan fingerprint density at radius 3 is 2.38 bits per heavy atom. The molecule has 2 heterocycles. The van der Waals surface area contributed by atoms with Gasteiger partial charge in [-0.2, -0.15) is 0 Å². The summed E-state index contributed by atoms with van der Waals surface area (Å²) in [4.78, 5) is 27.0. The fourth-order valence-electron chi connectivity index (χ4n) is 4.08. The summed E-state index contributed by atoms with van der Waals surface area (Å²) in [6, 6.07) is 14.4. The van der Waals surface area contributed by atoms with E-state index in [0.717, 1.165) is 37.9 Å². The fraction of sp³-hybridized carbons (Fsp3) is 0.333. The molecule has 168 valence electrons. The van der Waals surface area contributed by atoms with Crippen molar-refractivity contribution in [1.82, 2.24) is 9.47 Å². The number of amides is 2. The van der Waals surface area contributed by atoms with Gasteiger partial charge in [0.15, 0.2) is 9.84 Å². The maximum Gasteiger partial charge on any atom is 0.242 e. The van der Waals surface area contributed by atoms with Crippen LogP contribution in [0.4, 0.5) is 5.69 Å². The molecule has 0 spiro atoms. The maximum atomic E-state index is 13.1. The number of nitrogens with one attached hydrogen (secondary N) is 1. The van der Waals surface area contributed by atoms with Crippen molar-refractivity contribution < 1.29 is 18.0 Å². The Bertz CT molecular complexity index is 1240. The number of anilines is 1. The van der Waals surface area contributed by atoms with E-state index in [9.17, 15) is 18.0 Å². The van der Waals surface area contributed by atoms with Gasteiger partial charge in [-0.05, 0) is 43.0 Å². The molecule has 32 heavy (non-hydrogen) atoms. The van der Waals surface area contributed by atoms with Crippen LogP contribution in [-0.2, 0) is 32.4 Å². The molecule has 3 aromatic rings. The fourth-order valence-corrected chi connectivity index (χ4v) is 5.44. The number of sulfone groups is 1. The summed E-state index contributed by atoms with van der Waals surface area (Å²) in [5.41, 5.74) is 2.35. The summed E-state index contributed by atoms with van der Waals surface area (Å²) < 4.78 is 27.9. The molecule has 0 unspecified atom stereocenters. The maximum absolute atomic E-state index is 13.1. The Morgan fingerprint density at radius 1 is 1.00 bits per heavy atom. The molecule has 7 nitrogen and oxygen atoms in total. The third kappa shape index (κ3) is 4.70. The van der Waals surface area contributed by atoms with E-state index in [1.54, 1.807) is 39.8 Å². The van der Waals surface area contributed by atoms with E-state index in [0.29, 0.717) is 16.6 Å². The van der Waals surface area contributed by atoms with Crippen LogP contribution in [0.2, 0.25) is 0 Å². The first-order valence-corrected chi connectivity index (χ1v) is 12.5. The van der Waals surface area contributed by atoms with Crippen LogP contribution >= 0.6 is 0 Å². The predicted molar refractivity (Wildman–Crippen MR) is 124 cm³/mol. The number of carbonyl (C=O) groups is 2. The minimum atomic E-state index is -3.91. The van der Waals surface area contributed by atoms with Gasteiger partial charge in [-0.3, -0.25) is 9.59 Å². The number of likely N-dealkylation sites (tertiary alicyclic amines) is 1. The van der Waals surface area contributed by atoms with Crippen molar-refractivity contribution in [2.24, 2.45) is 0 Å². The number of carbonyl (C=O) groups excluding carboxylic acids is 2. The first kappa shape index (κ1) is 22.1. The Kier molecular flexibility index (Phi) is 6.32. The lowest BCUT2D eigenvalue weighted by molar-refractivity contribution is -0.130. The zero-order valence-electron chi connectivity index (χ0n) is 18.1. The number of rotatable bonds is 7. The molecule has 1 saturated heterocycles. The molecule has 0 radical (unpaired) electrons. The van der Waals surface area contributed by atoms with Gasteiger partial charge < -0.3 is 14.8 Å². The third-order valence-corrected chi connectivity index (χ3v) is 7.46. The van der Waals surface area contributed by atoms with Crippen molar-refractivity contribution in [3.05, 3.63) is 60.3 Å². The van der Waals surface area contributed by atoms with Crippen LogP contribution in [0.5, 0.6) is 0 Å². The van der Waals surface area contributed by atoms with Crippen molar-refractivity contribution in [3.63, 3.8) is 0 Å². The number of hydrogen-bond acceptors (Lipinski definition) is 4. The van der Waals surface area contributed by atoms with Crippen LogP contribution in [-0.4, -0.2) is 48.5 Å². The molecule has 2 aromatic carbocycles. The highest BCUT2D eigenvalue weighted by Gasteiger charge is 2.26. The highest BCUT2D eigenvalue weighted by molar-refractivity contribution is 7.92. The van der Waals surface area contributed by atoms with Gasteiger partial charge in [0.05, 0.1) is 4.90 Å². The third-order valence-electron chi connectivity index (χ3n) is 5.82. The minimum Gasteiger partial charge on any atom is -0.341 e. The van der Waals surface area contributed by atoms with Crippen LogP contribution in [0.3, 0.4) is 0 Å². The van der Waals surface area contributed by atoms with Crippen molar-refractivity contribution >= 4 is 38.2 Å². The van der Waals surface area contributed by atoms with Crippen LogP contribution < -0.4 is 5.32 Å². The first-order valence-electron chi connectivity index (χ1n) is 10.8. The number of nitrogens with zero attached hydrogens (tertiary/aromatic N) is 2. The average Bonchev–Trinajstić information content (AvgIpc) is 3.43. The van der Waals surface area contributed by atoms with Gasteiger partial charge >= 0.3 is 0 Å². The molecular formula is C24H27N3O4S. The second kappa shape index (κ2) is 9.16. The van der Waals surface area contributed by atoms with Crippen molar-refractivity contribution in [2.75, 3.05) is 24.2 Å². The van der Waals surface area contributed by atoms with E-state index in [2.05, 4.69) is 5.32 Å². The number of hydrogen-bond donors (Lipinski definition) is 1. The monoisotopic (exact) mass is 453 g/mol. The zero-order chi connectivity index (χ0) is 22.7. The molecular weight excluding hydrogens is 426 g/mol. The summed E-state index contributed by atoms with van der Waals surface area (Å²) in [5.74, 6) is -1.30. The highest BCUT2D eigenvalue weighted by Crippen LogP contribution is 2.27. The van der Waals surface area contributed by atoms with E-state index >= 15 is 0 Å². The van der Waals surface area contributed by atoms with Gasteiger partial charge in [0, 0.05) is 35.9 Å². The highest BCUT2D eigenvalue weighted by atomic mass is 32.2. The van der Waals surface area contributed by atoms with Crippen LogP contribution in [0.25, 0.3) is 10.9 Å². The first-order chi connectivity index (χ1) is 15.4. The molecule has 0 aliphatic carbocycles. The lowest BCUT2D eigenvalue weighted by Gasteiger charge is -2.15. The molecule has 0 bridgehead atoms. The van der Waals surface area contributed by atoms with Crippen LogP contribution in [0, 0.1) is 0 Å². The molecule has 1 fully saturated rings. The molecule has 1 aliphatic heterocycles. The predicted octanol–water partition coefficient (Wildman–Crippen LogP) is 3.24. The molecule has 1 N–H and O–H groups in total. The van der Waals surface area contributed by atoms with Gasteiger partial charge in [0.25, 0.3) is 0 Å². The molecule has 2 amide bonds. The zero-order valence-corrected chi connectivity index (χ0v) is 18.9. The van der Waals surface area contributed by atoms with E-state index < -0.39 is 21.5 Å². The van der Waals surface area contributed by atoms with Crippen molar-refractivity contribution in [3.8, 4) is 0 Å². The summed E-state index contributed by atoms with van der Waals surface area (Å²) in [5, 5.41) is 3.17. The van der Waals surface area contributed by atoms with E-state index in [1.807, 2.05) is 25.1 Å². The Balaban J connectivity index is 1.55. The number of benzene rings is 2. The van der Waals surface area contributed by atoms with Crippen LogP contribution in [0.1, 0.15) is 25.3 Å². The van der Waals surface area contributed by atoms with Crippen LogP contribution in [0.15, 0.2) is 59.6 Å². The van der Waals surface area contributed by atoms with Gasteiger partial charge in [-0.15, -0.1) is 0 Å². The Morgan fingerprint density at radius 2 is 1.69 bits per heavy atom. The lowest BCUT2D eigenvalue weighted by atomic mass is 10.1. The normalized spacial score (nSPS) is 14.1. The summed E-state index contributed by atoms with van der Waals surface area (Å²) in [6.45, 7) is 3.59. The topological polar surface area (TPSA) is 88.5 Å². The smallest absolute Gasteiger partial charge is 0.242 e. The van der Waals surface area contributed by atoms with E-state index in [1.165, 1.54) is 6.20 Å². The standard InChI is InChI=1S/C24H27N3O4S/c1-2-18-9-11-19(12-10-18)25-23(28)17-32(30,31)22-15-27(21-8-4-3-7-20(21)22)16-24(29)26-13-5-6-14-26/h3-4,7-12,15H,2,5-6,13-14,16-17H2,1H3,(H,25,28). The molecule has 8 heteroatoms. The van der Waals surface area contributed by atoms with Gasteiger partial charge in [-0.1, -0.05) is 37.3 Å². The van der Waals surface area contributed by atoms with Crippen molar-refractivity contribution in [2.45, 2.75) is 37.6 Å². The van der Waals surface area contributed by atoms with Gasteiger partial charge in [0.1, 0.15) is 12.3 Å². The molecule has 1 aliphatic rings. The molecule has 0 saturated carbocycles. The summed E-state index contributed by atoms with van der Waals surface area (Å²) in [7, 11) is -3.91. The number of aryl methyl sites for hydroxylation is 1. The number of fused-ring (bicyclic) bond motifs is 1. The number of para-hydroxylation sites is 1.